The van der Waals surface area contributed by atoms with E-state index in [9.17, 15) is 35.9 Å². The summed E-state index contributed by atoms with van der Waals surface area (Å²) < 4.78 is 81.3. The average Bonchev–Trinajstić information content (AvgIpc) is 2.77. The normalized spacial score (nSPS) is 13.3. The van der Waals surface area contributed by atoms with E-state index >= 15 is 0 Å². The summed E-state index contributed by atoms with van der Waals surface area (Å²) in [5.41, 5.74) is -3.96. The Labute approximate surface area is 197 Å². The van der Waals surface area contributed by atoms with Crippen molar-refractivity contribution in [1.29, 1.82) is 0 Å². The zero-order valence-corrected chi connectivity index (χ0v) is 19.3. The highest BCUT2D eigenvalue weighted by atomic mass is 19.4. The van der Waals surface area contributed by atoms with Crippen molar-refractivity contribution in [2.75, 3.05) is 6.54 Å². The molecule has 0 aliphatic carbocycles. The van der Waals surface area contributed by atoms with E-state index in [0.29, 0.717) is 23.0 Å². The van der Waals surface area contributed by atoms with E-state index in [-0.39, 0.29) is 24.4 Å². The third kappa shape index (κ3) is 5.49. The minimum absolute atomic E-state index is 0.000292. The number of halogens is 6. The van der Waals surface area contributed by atoms with E-state index < -0.39 is 46.6 Å². The first-order valence-corrected chi connectivity index (χ1v) is 10.7. The van der Waals surface area contributed by atoms with Crippen molar-refractivity contribution >= 4 is 16.8 Å². The van der Waals surface area contributed by atoms with Crippen LogP contribution in [0.1, 0.15) is 54.1 Å². The van der Waals surface area contributed by atoms with E-state index in [0.717, 1.165) is 4.90 Å². The monoisotopic (exact) mass is 499 g/mol. The maximum absolute atomic E-state index is 13.4. The molecule has 35 heavy (non-hydrogen) atoms. The Hall–Kier alpha value is -3.37. The molecular weight excluding hydrogens is 476 g/mol. The van der Waals surface area contributed by atoms with Gasteiger partial charge in [-0.1, -0.05) is 26.0 Å². The van der Waals surface area contributed by atoms with Crippen molar-refractivity contribution in [2.45, 2.75) is 39.2 Å². The predicted molar refractivity (Wildman–Crippen MR) is 118 cm³/mol. The number of rotatable bonds is 5. The van der Waals surface area contributed by atoms with Gasteiger partial charge in [0, 0.05) is 19.2 Å². The third-order valence-corrected chi connectivity index (χ3v) is 5.52. The zero-order valence-electron chi connectivity index (χ0n) is 19.3. The van der Waals surface area contributed by atoms with Crippen LogP contribution in [-0.2, 0) is 19.4 Å². The number of carbonyl (C=O) groups excluding carboxylic acids is 1. The molecule has 2 aromatic carbocycles. The van der Waals surface area contributed by atoms with Crippen molar-refractivity contribution in [2.24, 2.45) is 13.0 Å². The smallest absolute Gasteiger partial charge is 0.328 e. The Morgan fingerprint density at radius 3 is 2.03 bits per heavy atom. The van der Waals surface area contributed by atoms with Crippen LogP contribution in [0.15, 0.2) is 47.3 Å². The average molecular weight is 499 g/mol. The van der Waals surface area contributed by atoms with Crippen LogP contribution in [0.2, 0.25) is 0 Å². The third-order valence-electron chi connectivity index (χ3n) is 5.52. The number of amides is 1. The maximum atomic E-state index is 13.4. The molecule has 1 heterocycles. The topological polar surface area (TPSA) is 55.2 Å². The fourth-order valence-electron chi connectivity index (χ4n) is 3.80. The molecule has 188 valence electrons. The van der Waals surface area contributed by atoms with Gasteiger partial charge in [-0.3, -0.25) is 14.2 Å². The first-order chi connectivity index (χ1) is 16.1. The summed E-state index contributed by atoms with van der Waals surface area (Å²) in [6, 6.07) is 6.37. The summed E-state index contributed by atoms with van der Waals surface area (Å²) in [6.07, 6.45) is -10.2. The minimum Gasteiger partial charge on any atom is -0.328 e. The summed E-state index contributed by atoms with van der Waals surface area (Å²) in [6.45, 7) is 5.01. The molecule has 0 radical (unpaired) electrons. The molecule has 3 aromatic rings. The predicted octanol–water partition coefficient (Wildman–Crippen LogP) is 5.83. The van der Waals surface area contributed by atoms with E-state index in [1.54, 1.807) is 38.1 Å². The van der Waals surface area contributed by atoms with Crippen molar-refractivity contribution in [3.05, 3.63) is 75.3 Å². The van der Waals surface area contributed by atoms with Gasteiger partial charge in [0.05, 0.1) is 28.1 Å². The van der Waals surface area contributed by atoms with Crippen LogP contribution in [-0.4, -0.2) is 26.9 Å². The number of nitrogens with zero attached hydrogens (tertiary/aromatic N) is 3. The Kier molecular flexibility index (Phi) is 7.01. The van der Waals surface area contributed by atoms with Gasteiger partial charge < -0.3 is 4.90 Å². The van der Waals surface area contributed by atoms with Crippen LogP contribution in [0, 0.1) is 5.92 Å². The number of aromatic nitrogens is 2. The molecule has 0 bridgehead atoms. The molecule has 5 nitrogen and oxygen atoms in total. The van der Waals surface area contributed by atoms with Crippen LogP contribution in [0.4, 0.5) is 26.3 Å². The van der Waals surface area contributed by atoms with Gasteiger partial charge in [-0.25, -0.2) is 4.98 Å². The largest absolute Gasteiger partial charge is 0.416 e. The Morgan fingerprint density at radius 1 is 0.971 bits per heavy atom. The van der Waals surface area contributed by atoms with Crippen molar-refractivity contribution in [3.63, 3.8) is 0 Å². The quantitative estimate of drug-likeness (QED) is 0.415. The lowest BCUT2D eigenvalue weighted by atomic mass is 10.0. The summed E-state index contributed by atoms with van der Waals surface area (Å²) in [5, 5.41) is 0.334. The molecule has 1 unspecified atom stereocenters. The summed E-state index contributed by atoms with van der Waals surface area (Å²) in [7, 11) is 1.44. The highest BCUT2D eigenvalue weighted by Crippen LogP contribution is 2.37. The second-order valence-corrected chi connectivity index (χ2v) is 8.67. The second-order valence-electron chi connectivity index (χ2n) is 8.67. The number of hydrogen-bond acceptors (Lipinski definition) is 3. The molecule has 1 amide bonds. The van der Waals surface area contributed by atoms with E-state index in [4.69, 9.17) is 0 Å². The number of carbonyl (C=O) groups is 1. The van der Waals surface area contributed by atoms with Crippen molar-refractivity contribution < 1.29 is 31.1 Å². The zero-order chi connectivity index (χ0) is 26.3. The van der Waals surface area contributed by atoms with Gasteiger partial charge in [0.25, 0.3) is 11.5 Å². The number of hydrogen-bond donors (Lipinski definition) is 0. The number of para-hydroxylation sites is 1. The summed E-state index contributed by atoms with van der Waals surface area (Å²) >= 11 is 0. The maximum Gasteiger partial charge on any atom is 0.416 e. The van der Waals surface area contributed by atoms with Crippen LogP contribution in [0.25, 0.3) is 10.9 Å². The van der Waals surface area contributed by atoms with Gasteiger partial charge >= 0.3 is 12.4 Å². The fraction of sp³-hybridized carbons (Fsp3) is 0.375. The highest BCUT2D eigenvalue weighted by molar-refractivity contribution is 5.95. The van der Waals surface area contributed by atoms with Gasteiger partial charge in [-0.05, 0) is 43.2 Å². The Bertz CT molecular complexity index is 1280. The Balaban J connectivity index is 2.16. The van der Waals surface area contributed by atoms with Gasteiger partial charge in [0.2, 0.25) is 0 Å². The fourth-order valence-corrected chi connectivity index (χ4v) is 3.80. The van der Waals surface area contributed by atoms with Gasteiger partial charge in [0.1, 0.15) is 5.82 Å². The number of benzene rings is 2. The lowest BCUT2D eigenvalue weighted by Crippen LogP contribution is -2.39. The number of alkyl halides is 6. The molecule has 11 heteroatoms. The van der Waals surface area contributed by atoms with E-state index in [1.165, 1.54) is 18.5 Å². The molecular formula is C24H23F6N3O2. The van der Waals surface area contributed by atoms with Crippen molar-refractivity contribution in [3.8, 4) is 0 Å². The molecule has 1 atom stereocenters. The summed E-state index contributed by atoms with van der Waals surface area (Å²) in [4.78, 5) is 31.8. The van der Waals surface area contributed by atoms with Crippen LogP contribution < -0.4 is 5.56 Å². The lowest BCUT2D eigenvalue weighted by molar-refractivity contribution is -0.143. The minimum atomic E-state index is -5.09. The molecule has 0 saturated heterocycles. The molecule has 0 N–H and O–H groups in total. The van der Waals surface area contributed by atoms with Crippen LogP contribution in [0.3, 0.4) is 0 Å². The molecule has 0 spiro atoms. The molecule has 1 aromatic heterocycles. The second kappa shape index (κ2) is 9.35. The van der Waals surface area contributed by atoms with E-state index in [2.05, 4.69) is 4.98 Å². The molecule has 0 saturated carbocycles. The highest BCUT2D eigenvalue weighted by Gasteiger charge is 2.38. The SMILES string of the molecule is CC(C)CN(C(=O)c1cc(C(F)(F)F)cc(C(F)(F)F)c1)C(C)c1nc2ccccc2c(=O)n1C. The first kappa shape index (κ1) is 26.2. The van der Waals surface area contributed by atoms with Gasteiger partial charge in [-0.15, -0.1) is 0 Å². The standard InChI is InChI=1S/C24H23F6N3O2/c1-13(2)12-33(14(3)20-31-19-8-6-5-7-18(19)22(35)32(20)4)21(34)15-9-16(23(25,26)27)11-17(10-15)24(28,29)30/h5-11,13-14H,12H2,1-4H3. The van der Waals surface area contributed by atoms with Crippen molar-refractivity contribution in [1.82, 2.24) is 14.5 Å². The first-order valence-electron chi connectivity index (χ1n) is 10.7. The van der Waals surface area contributed by atoms with E-state index in [1.807, 2.05) is 0 Å². The van der Waals surface area contributed by atoms with Crippen LogP contribution in [0.5, 0.6) is 0 Å². The number of fused-ring (bicyclic) bond motifs is 1. The molecule has 3 rings (SSSR count). The van der Waals surface area contributed by atoms with Gasteiger partial charge in [-0.2, -0.15) is 26.3 Å². The van der Waals surface area contributed by atoms with Gasteiger partial charge in [0.15, 0.2) is 0 Å². The lowest BCUT2D eigenvalue weighted by Gasteiger charge is -2.32. The Morgan fingerprint density at radius 2 is 1.51 bits per heavy atom. The summed E-state index contributed by atoms with van der Waals surface area (Å²) in [5.74, 6) is -1.08. The molecule has 0 aliphatic rings. The molecule has 0 fully saturated rings. The van der Waals surface area contributed by atoms with Crippen LogP contribution >= 0.6 is 0 Å². The molecule has 0 aliphatic heterocycles.